The first kappa shape index (κ1) is 16.8. The first-order valence-corrected chi connectivity index (χ1v) is 7.60. The van der Waals surface area contributed by atoms with E-state index in [1.807, 2.05) is 6.07 Å². The summed E-state index contributed by atoms with van der Waals surface area (Å²) in [6.07, 6.45) is 0.431. The number of amides is 2. The van der Waals surface area contributed by atoms with Crippen molar-refractivity contribution in [1.82, 2.24) is 5.32 Å². The molecular formula is C17H21N3O3. The van der Waals surface area contributed by atoms with E-state index in [4.69, 9.17) is 10.00 Å². The first-order valence-electron chi connectivity index (χ1n) is 7.60. The summed E-state index contributed by atoms with van der Waals surface area (Å²) < 4.78 is 5.12. The molecule has 0 fully saturated rings. The average Bonchev–Trinajstić information content (AvgIpc) is 2.88. The molecule has 23 heavy (non-hydrogen) atoms. The molecule has 1 aliphatic heterocycles. The number of ether oxygens (including phenoxy) is 1. The van der Waals surface area contributed by atoms with Gasteiger partial charge in [-0.2, -0.15) is 5.26 Å². The number of nitriles is 1. The number of nitrogens with zero attached hydrogens (tertiary/aromatic N) is 2. The van der Waals surface area contributed by atoms with Crippen LogP contribution in [0, 0.1) is 11.3 Å². The number of carbonyl (C=O) groups is 2. The molecule has 0 atom stereocenters. The van der Waals surface area contributed by atoms with Crippen LogP contribution in [0.3, 0.4) is 0 Å². The van der Waals surface area contributed by atoms with Crippen molar-refractivity contribution in [1.29, 1.82) is 5.26 Å². The standard InChI is InChI=1S/C17H21N3O3/c1-17(2,3)23-16(22)19-8-6-15(21)20-9-7-13-10-12(11-18)4-5-14(13)20/h4-5,10H,6-9H2,1-3H3,(H,19,22). The molecule has 0 aliphatic carbocycles. The van der Waals surface area contributed by atoms with Crippen molar-refractivity contribution in [2.45, 2.75) is 39.2 Å². The smallest absolute Gasteiger partial charge is 0.407 e. The highest BCUT2D eigenvalue weighted by atomic mass is 16.6. The van der Waals surface area contributed by atoms with E-state index in [1.54, 1.807) is 37.8 Å². The van der Waals surface area contributed by atoms with Gasteiger partial charge >= 0.3 is 6.09 Å². The molecule has 6 heteroatoms. The molecule has 0 spiro atoms. The maximum atomic E-state index is 12.3. The monoisotopic (exact) mass is 315 g/mol. The van der Waals surface area contributed by atoms with Crippen molar-refractivity contribution in [3.8, 4) is 6.07 Å². The van der Waals surface area contributed by atoms with Crippen molar-refractivity contribution >= 4 is 17.7 Å². The Morgan fingerprint density at radius 3 is 2.78 bits per heavy atom. The van der Waals surface area contributed by atoms with Crippen molar-refractivity contribution in [2.75, 3.05) is 18.0 Å². The predicted octanol–water partition coefficient (Wildman–Crippen LogP) is 2.36. The molecule has 2 rings (SSSR count). The van der Waals surface area contributed by atoms with Gasteiger partial charge in [-0.25, -0.2) is 4.79 Å². The third-order valence-electron chi connectivity index (χ3n) is 3.41. The van der Waals surface area contributed by atoms with Crippen LogP contribution in [0.1, 0.15) is 38.3 Å². The number of hydrogen-bond donors (Lipinski definition) is 1. The molecule has 1 aromatic rings. The van der Waals surface area contributed by atoms with Gasteiger partial charge in [-0.1, -0.05) is 0 Å². The van der Waals surface area contributed by atoms with Crippen LogP contribution in [0.25, 0.3) is 0 Å². The van der Waals surface area contributed by atoms with Crippen molar-refractivity contribution < 1.29 is 14.3 Å². The van der Waals surface area contributed by atoms with Crippen LogP contribution in [0.4, 0.5) is 10.5 Å². The normalized spacial score (nSPS) is 13.2. The number of hydrogen-bond acceptors (Lipinski definition) is 4. The molecule has 1 heterocycles. The molecule has 1 N–H and O–H groups in total. The Labute approximate surface area is 136 Å². The molecule has 0 radical (unpaired) electrons. The van der Waals surface area contributed by atoms with E-state index in [0.717, 1.165) is 17.7 Å². The van der Waals surface area contributed by atoms with Crippen molar-refractivity contribution in [3.63, 3.8) is 0 Å². The number of rotatable bonds is 3. The van der Waals surface area contributed by atoms with Crippen LogP contribution in [-0.2, 0) is 16.0 Å². The third kappa shape index (κ3) is 4.46. The molecule has 122 valence electrons. The Morgan fingerprint density at radius 2 is 2.13 bits per heavy atom. The lowest BCUT2D eigenvalue weighted by molar-refractivity contribution is -0.118. The molecule has 1 aliphatic rings. The fourth-order valence-electron chi connectivity index (χ4n) is 2.45. The zero-order valence-electron chi connectivity index (χ0n) is 13.7. The summed E-state index contributed by atoms with van der Waals surface area (Å²) in [5.41, 5.74) is 1.91. The van der Waals surface area contributed by atoms with E-state index in [1.165, 1.54) is 0 Å². The molecule has 1 aromatic carbocycles. The number of anilines is 1. The summed E-state index contributed by atoms with van der Waals surface area (Å²) in [6.45, 7) is 6.20. The largest absolute Gasteiger partial charge is 0.444 e. The Balaban J connectivity index is 1.87. The molecule has 0 bridgehead atoms. The van der Waals surface area contributed by atoms with Gasteiger partial charge in [0.2, 0.25) is 5.91 Å². The fraction of sp³-hybridized carbons (Fsp3) is 0.471. The van der Waals surface area contributed by atoms with Gasteiger partial charge in [-0.05, 0) is 51.0 Å². The van der Waals surface area contributed by atoms with Crippen molar-refractivity contribution in [3.05, 3.63) is 29.3 Å². The first-order chi connectivity index (χ1) is 10.8. The quantitative estimate of drug-likeness (QED) is 0.928. The molecule has 6 nitrogen and oxygen atoms in total. The minimum atomic E-state index is -0.555. The topological polar surface area (TPSA) is 82.4 Å². The lowest BCUT2D eigenvalue weighted by atomic mass is 10.1. The minimum absolute atomic E-state index is 0.0514. The minimum Gasteiger partial charge on any atom is -0.444 e. The highest BCUT2D eigenvalue weighted by Gasteiger charge is 2.24. The predicted molar refractivity (Wildman–Crippen MR) is 86.1 cm³/mol. The van der Waals surface area contributed by atoms with Gasteiger partial charge in [0.15, 0.2) is 0 Å². The summed E-state index contributed by atoms with van der Waals surface area (Å²) >= 11 is 0. The van der Waals surface area contributed by atoms with Gasteiger partial charge < -0.3 is 15.0 Å². The maximum absolute atomic E-state index is 12.3. The van der Waals surface area contributed by atoms with Gasteiger partial charge in [-0.15, -0.1) is 0 Å². The van der Waals surface area contributed by atoms with E-state index < -0.39 is 11.7 Å². The zero-order valence-corrected chi connectivity index (χ0v) is 13.7. The second-order valence-electron chi connectivity index (χ2n) is 6.43. The highest BCUT2D eigenvalue weighted by Crippen LogP contribution is 2.29. The molecule has 0 saturated heterocycles. The Hall–Kier alpha value is -2.55. The highest BCUT2D eigenvalue weighted by molar-refractivity contribution is 5.95. The van der Waals surface area contributed by atoms with Crippen LogP contribution in [0.2, 0.25) is 0 Å². The summed E-state index contributed by atoms with van der Waals surface area (Å²) in [5.74, 6) is -0.0514. The molecule has 0 aromatic heterocycles. The second kappa shape index (κ2) is 6.69. The van der Waals surface area contributed by atoms with Crippen LogP contribution in [0.5, 0.6) is 0 Å². The van der Waals surface area contributed by atoms with Crippen LogP contribution in [0.15, 0.2) is 18.2 Å². The number of carbonyl (C=O) groups excluding carboxylic acids is 2. The zero-order chi connectivity index (χ0) is 17.0. The van der Waals surface area contributed by atoms with E-state index in [9.17, 15) is 9.59 Å². The molecule has 2 amide bonds. The molecule has 0 saturated carbocycles. The number of alkyl carbamates (subject to hydrolysis) is 1. The molecule has 0 unspecified atom stereocenters. The fourth-order valence-corrected chi connectivity index (χ4v) is 2.45. The number of benzene rings is 1. The summed E-state index contributed by atoms with van der Waals surface area (Å²) in [4.78, 5) is 25.5. The van der Waals surface area contributed by atoms with Crippen LogP contribution in [-0.4, -0.2) is 30.7 Å². The van der Waals surface area contributed by atoms with Gasteiger partial charge in [0.1, 0.15) is 5.60 Å². The second-order valence-corrected chi connectivity index (χ2v) is 6.43. The number of fused-ring (bicyclic) bond motifs is 1. The number of nitrogens with one attached hydrogen (secondary N) is 1. The Morgan fingerprint density at radius 1 is 1.39 bits per heavy atom. The maximum Gasteiger partial charge on any atom is 0.407 e. The van der Waals surface area contributed by atoms with E-state index in [0.29, 0.717) is 12.1 Å². The van der Waals surface area contributed by atoms with E-state index in [-0.39, 0.29) is 18.9 Å². The van der Waals surface area contributed by atoms with Gasteiger partial charge in [0.25, 0.3) is 0 Å². The SMILES string of the molecule is CC(C)(C)OC(=O)NCCC(=O)N1CCc2cc(C#N)ccc21. The lowest BCUT2D eigenvalue weighted by Gasteiger charge is -2.20. The summed E-state index contributed by atoms with van der Waals surface area (Å²) in [5, 5.41) is 11.5. The average molecular weight is 315 g/mol. The van der Waals surface area contributed by atoms with Crippen LogP contribution >= 0.6 is 0 Å². The molecular weight excluding hydrogens is 294 g/mol. The van der Waals surface area contributed by atoms with Gasteiger partial charge in [0, 0.05) is 25.2 Å². The lowest BCUT2D eigenvalue weighted by Crippen LogP contribution is -2.36. The Bertz CT molecular complexity index is 656. The Kier molecular flexibility index (Phi) is 4.89. The summed E-state index contributed by atoms with van der Waals surface area (Å²) in [6, 6.07) is 7.44. The van der Waals surface area contributed by atoms with Gasteiger partial charge in [0.05, 0.1) is 11.6 Å². The summed E-state index contributed by atoms with van der Waals surface area (Å²) in [7, 11) is 0. The van der Waals surface area contributed by atoms with Crippen LogP contribution < -0.4 is 10.2 Å². The van der Waals surface area contributed by atoms with Crippen molar-refractivity contribution in [2.24, 2.45) is 0 Å². The van der Waals surface area contributed by atoms with E-state index >= 15 is 0 Å². The van der Waals surface area contributed by atoms with E-state index in [2.05, 4.69) is 11.4 Å². The third-order valence-corrected chi connectivity index (χ3v) is 3.41. The van der Waals surface area contributed by atoms with Gasteiger partial charge in [-0.3, -0.25) is 4.79 Å².